The summed E-state index contributed by atoms with van der Waals surface area (Å²) in [6.07, 6.45) is 1.84. The van der Waals surface area contributed by atoms with Crippen molar-refractivity contribution < 1.29 is 9.84 Å². The molecule has 1 saturated heterocycles. The lowest BCUT2D eigenvalue weighted by Crippen LogP contribution is -2.47. The standard InChI is InChI=1S/C21H25N5O2/c1-3-28-20-13-16(5-7-19(20)27)15-4-6-18-17(12-15)14-22-21(23-18)24-26-10-8-25(2)9-11-26/h4-7,12-14,27H,3,8-11H2,1-2H3,(H,22,23,24). The monoisotopic (exact) mass is 379 g/mol. The fourth-order valence-electron chi connectivity index (χ4n) is 3.29. The number of nitrogens with one attached hydrogen (secondary N) is 1. The van der Waals surface area contributed by atoms with Crippen molar-refractivity contribution in [1.82, 2.24) is 19.9 Å². The number of benzene rings is 2. The van der Waals surface area contributed by atoms with E-state index in [2.05, 4.69) is 38.4 Å². The molecule has 0 unspecified atom stereocenters. The van der Waals surface area contributed by atoms with Crippen LogP contribution in [-0.2, 0) is 0 Å². The molecule has 146 valence electrons. The molecule has 0 saturated carbocycles. The number of likely N-dealkylation sites (N-methyl/N-ethyl adjacent to an activating group) is 1. The number of aromatic nitrogens is 2. The summed E-state index contributed by atoms with van der Waals surface area (Å²) < 4.78 is 5.49. The summed E-state index contributed by atoms with van der Waals surface area (Å²) >= 11 is 0. The Kier molecular flexibility index (Phi) is 5.27. The molecular formula is C21H25N5O2. The second-order valence-corrected chi connectivity index (χ2v) is 6.98. The van der Waals surface area contributed by atoms with Crippen LogP contribution in [0.1, 0.15) is 6.92 Å². The third kappa shape index (κ3) is 4.00. The van der Waals surface area contributed by atoms with Crippen LogP contribution in [0.3, 0.4) is 0 Å². The Morgan fingerprint density at radius 3 is 2.61 bits per heavy atom. The highest BCUT2D eigenvalue weighted by atomic mass is 16.5. The van der Waals surface area contributed by atoms with Crippen LogP contribution in [0, 0.1) is 0 Å². The van der Waals surface area contributed by atoms with Crippen molar-refractivity contribution in [3.05, 3.63) is 42.6 Å². The lowest BCUT2D eigenvalue weighted by atomic mass is 10.0. The molecular weight excluding hydrogens is 354 g/mol. The number of anilines is 1. The number of fused-ring (bicyclic) bond motifs is 1. The van der Waals surface area contributed by atoms with Crippen LogP contribution in [0.5, 0.6) is 11.5 Å². The molecule has 7 heteroatoms. The summed E-state index contributed by atoms with van der Waals surface area (Å²) in [4.78, 5) is 11.4. The van der Waals surface area contributed by atoms with Gasteiger partial charge in [-0.15, -0.1) is 0 Å². The van der Waals surface area contributed by atoms with Gasteiger partial charge in [-0.25, -0.2) is 15.0 Å². The largest absolute Gasteiger partial charge is 0.504 e. The van der Waals surface area contributed by atoms with Crippen molar-refractivity contribution in [2.75, 3.05) is 45.3 Å². The van der Waals surface area contributed by atoms with Gasteiger partial charge in [0.1, 0.15) is 0 Å². The van der Waals surface area contributed by atoms with E-state index >= 15 is 0 Å². The van der Waals surface area contributed by atoms with Gasteiger partial charge in [0, 0.05) is 37.8 Å². The Bertz CT molecular complexity index is 970. The van der Waals surface area contributed by atoms with E-state index < -0.39 is 0 Å². The van der Waals surface area contributed by atoms with Gasteiger partial charge < -0.3 is 14.7 Å². The molecule has 1 fully saturated rings. The Hall–Kier alpha value is -2.90. The number of rotatable bonds is 5. The molecule has 4 rings (SSSR count). The van der Waals surface area contributed by atoms with Crippen molar-refractivity contribution in [3.63, 3.8) is 0 Å². The highest BCUT2D eigenvalue weighted by molar-refractivity contribution is 5.84. The first-order valence-corrected chi connectivity index (χ1v) is 9.55. The van der Waals surface area contributed by atoms with Gasteiger partial charge in [-0.05, 0) is 49.4 Å². The quantitative estimate of drug-likeness (QED) is 0.706. The van der Waals surface area contributed by atoms with E-state index in [-0.39, 0.29) is 5.75 Å². The Morgan fingerprint density at radius 2 is 1.82 bits per heavy atom. The van der Waals surface area contributed by atoms with Gasteiger partial charge in [0.2, 0.25) is 5.95 Å². The molecule has 0 aliphatic carbocycles. The maximum absolute atomic E-state index is 9.91. The van der Waals surface area contributed by atoms with Crippen LogP contribution in [0.2, 0.25) is 0 Å². The van der Waals surface area contributed by atoms with E-state index in [0.717, 1.165) is 48.2 Å². The zero-order chi connectivity index (χ0) is 19.5. The Labute approximate surface area is 164 Å². The SMILES string of the molecule is CCOc1cc(-c2ccc3nc(NN4CCN(C)CC4)ncc3c2)ccc1O. The fourth-order valence-corrected chi connectivity index (χ4v) is 3.29. The fraction of sp³-hybridized carbons (Fsp3) is 0.333. The molecule has 2 N–H and O–H groups in total. The van der Waals surface area contributed by atoms with E-state index in [1.807, 2.05) is 37.4 Å². The van der Waals surface area contributed by atoms with Crippen molar-refractivity contribution in [1.29, 1.82) is 0 Å². The lowest BCUT2D eigenvalue weighted by molar-refractivity contribution is 0.178. The van der Waals surface area contributed by atoms with Gasteiger partial charge >= 0.3 is 0 Å². The van der Waals surface area contributed by atoms with Crippen molar-refractivity contribution in [3.8, 4) is 22.6 Å². The number of ether oxygens (including phenoxy) is 1. The predicted octanol–water partition coefficient (Wildman–Crippen LogP) is 2.98. The minimum Gasteiger partial charge on any atom is -0.504 e. The number of aromatic hydroxyl groups is 1. The molecule has 0 radical (unpaired) electrons. The third-order valence-corrected chi connectivity index (χ3v) is 4.93. The summed E-state index contributed by atoms with van der Waals surface area (Å²) in [5.41, 5.74) is 6.20. The zero-order valence-electron chi connectivity index (χ0n) is 16.2. The molecule has 28 heavy (non-hydrogen) atoms. The Balaban J connectivity index is 1.56. The Morgan fingerprint density at radius 1 is 1.07 bits per heavy atom. The van der Waals surface area contributed by atoms with Crippen molar-refractivity contribution in [2.45, 2.75) is 6.92 Å². The first-order valence-electron chi connectivity index (χ1n) is 9.55. The first-order chi connectivity index (χ1) is 13.6. The second-order valence-electron chi connectivity index (χ2n) is 6.98. The van der Waals surface area contributed by atoms with Crippen LogP contribution in [-0.4, -0.2) is 64.8 Å². The molecule has 7 nitrogen and oxygen atoms in total. The smallest absolute Gasteiger partial charge is 0.238 e. The summed E-state index contributed by atoms with van der Waals surface area (Å²) in [5, 5.41) is 13.0. The second kappa shape index (κ2) is 8.00. The van der Waals surface area contributed by atoms with Crippen LogP contribution in [0.25, 0.3) is 22.0 Å². The van der Waals surface area contributed by atoms with Crippen molar-refractivity contribution in [2.24, 2.45) is 0 Å². The van der Waals surface area contributed by atoms with Gasteiger partial charge in [0.25, 0.3) is 0 Å². The van der Waals surface area contributed by atoms with Gasteiger partial charge in [-0.3, -0.25) is 5.43 Å². The highest BCUT2D eigenvalue weighted by Gasteiger charge is 2.14. The van der Waals surface area contributed by atoms with Crippen LogP contribution < -0.4 is 10.2 Å². The van der Waals surface area contributed by atoms with Gasteiger partial charge in [-0.1, -0.05) is 12.1 Å². The van der Waals surface area contributed by atoms with E-state index in [4.69, 9.17) is 4.74 Å². The first kappa shape index (κ1) is 18.5. The molecule has 0 spiro atoms. The number of phenols is 1. The number of hydrazine groups is 1. The number of piperazine rings is 1. The molecule has 2 heterocycles. The topological polar surface area (TPSA) is 73.8 Å². The summed E-state index contributed by atoms with van der Waals surface area (Å²) in [6.45, 7) is 6.35. The van der Waals surface area contributed by atoms with Crippen LogP contribution in [0.4, 0.5) is 5.95 Å². The van der Waals surface area contributed by atoms with Gasteiger partial charge in [-0.2, -0.15) is 0 Å². The maximum Gasteiger partial charge on any atom is 0.238 e. The lowest BCUT2D eigenvalue weighted by Gasteiger charge is -2.32. The molecule has 0 bridgehead atoms. The van der Waals surface area contributed by atoms with Gasteiger partial charge in [0.15, 0.2) is 11.5 Å². The summed E-state index contributed by atoms with van der Waals surface area (Å²) in [6, 6.07) is 11.5. The molecule has 0 amide bonds. The average Bonchev–Trinajstić information content (AvgIpc) is 2.71. The minimum absolute atomic E-state index is 0.148. The normalized spacial score (nSPS) is 15.6. The van der Waals surface area contributed by atoms with Crippen LogP contribution in [0.15, 0.2) is 42.6 Å². The number of hydrogen-bond donors (Lipinski definition) is 2. The molecule has 3 aromatic rings. The molecule has 1 aliphatic heterocycles. The minimum atomic E-state index is 0.148. The van der Waals surface area contributed by atoms with E-state index in [1.165, 1.54) is 0 Å². The number of phenolic OH excluding ortho intramolecular Hbond substituents is 1. The molecule has 1 aliphatic rings. The number of hydrogen-bond acceptors (Lipinski definition) is 7. The number of nitrogens with zero attached hydrogens (tertiary/aromatic N) is 4. The molecule has 2 aromatic carbocycles. The summed E-state index contributed by atoms with van der Waals surface area (Å²) in [7, 11) is 2.13. The van der Waals surface area contributed by atoms with E-state index in [0.29, 0.717) is 18.3 Å². The highest BCUT2D eigenvalue weighted by Crippen LogP contribution is 2.32. The van der Waals surface area contributed by atoms with Crippen LogP contribution >= 0.6 is 0 Å². The molecule has 0 atom stereocenters. The zero-order valence-corrected chi connectivity index (χ0v) is 16.2. The molecule has 1 aromatic heterocycles. The van der Waals surface area contributed by atoms with Crippen molar-refractivity contribution >= 4 is 16.9 Å². The maximum atomic E-state index is 9.91. The predicted molar refractivity (Wildman–Crippen MR) is 111 cm³/mol. The third-order valence-electron chi connectivity index (χ3n) is 4.93. The summed E-state index contributed by atoms with van der Waals surface area (Å²) in [5.74, 6) is 1.26. The van der Waals surface area contributed by atoms with Gasteiger partial charge in [0.05, 0.1) is 12.1 Å². The average molecular weight is 379 g/mol. The van der Waals surface area contributed by atoms with E-state index in [1.54, 1.807) is 6.07 Å². The van der Waals surface area contributed by atoms with E-state index in [9.17, 15) is 5.11 Å².